The maximum Gasteiger partial charge on any atom is 0.0401 e. The molecule has 0 fully saturated rings. The summed E-state index contributed by atoms with van der Waals surface area (Å²) in [6.07, 6.45) is 3.77. The molecule has 0 amide bonds. The molecule has 19 heavy (non-hydrogen) atoms. The highest BCUT2D eigenvalue weighted by atomic mass is 15.2. The standard InChI is InChI=1S/C17H28N2/c1-4-5-10-18-12-15(3)19-13-14(2)11-16-8-6-7-9-17(16)19/h6-9,14-15,18H,4-5,10-13H2,1-3H3. The van der Waals surface area contributed by atoms with Gasteiger partial charge < -0.3 is 10.2 Å². The van der Waals surface area contributed by atoms with Crippen LogP contribution in [0.5, 0.6) is 0 Å². The van der Waals surface area contributed by atoms with Gasteiger partial charge in [-0.2, -0.15) is 0 Å². The van der Waals surface area contributed by atoms with E-state index in [4.69, 9.17) is 0 Å². The minimum atomic E-state index is 0.570. The zero-order chi connectivity index (χ0) is 13.7. The fourth-order valence-electron chi connectivity index (χ4n) is 2.98. The Bertz CT molecular complexity index is 389. The van der Waals surface area contributed by atoms with Gasteiger partial charge in [0, 0.05) is 24.8 Å². The number of nitrogens with zero attached hydrogens (tertiary/aromatic N) is 1. The van der Waals surface area contributed by atoms with Crippen molar-refractivity contribution in [2.45, 2.75) is 46.1 Å². The number of nitrogens with one attached hydrogen (secondary N) is 1. The minimum Gasteiger partial charge on any atom is -0.367 e. The van der Waals surface area contributed by atoms with E-state index in [1.165, 1.54) is 37.1 Å². The van der Waals surface area contributed by atoms with Crippen LogP contribution in [0.4, 0.5) is 5.69 Å². The van der Waals surface area contributed by atoms with Gasteiger partial charge in [-0.3, -0.25) is 0 Å². The number of hydrogen-bond donors (Lipinski definition) is 1. The molecule has 1 aliphatic rings. The van der Waals surface area contributed by atoms with Gasteiger partial charge in [0.2, 0.25) is 0 Å². The second-order valence-electron chi connectivity index (χ2n) is 6.00. The molecule has 2 nitrogen and oxygen atoms in total. The average molecular weight is 260 g/mol. The van der Waals surface area contributed by atoms with E-state index >= 15 is 0 Å². The quantitative estimate of drug-likeness (QED) is 0.788. The Morgan fingerprint density at radius 2 is 2.16 bits per heavy atom. The number of hydrogen-bond acceptors (Lipinski definition) is 2. The summed E-state index contributed by atoms with van der Waals surface area (Å²) in [7, 11) is 0. The monoisotopic (exact) mass is 260 g/mol. The number of fused-ring (bicyclic) bond motifs is 1. The second-order valence-corrected chi connectivity index (χ2v) is 6.00. The lowest BCUT2D eigenvalue weighted by molar-refractivity contribution is 0.474. The molecule has 2 unspecified atom stereocenters. The first-order chi connectivity index (χ1) is 9.22. The summed E-state index contributed by atoms with van der Waals surface area (Å²) < 4.78 is 0. The summed E-state index contributed by atoms with van der Waals surface area (Å²) >= 11 is 0. The molecule has 0 aromatic heterocycles. The molecule has 2 atom stereocenters. The lowest BCUT2D eigenvalue weighted by Gasteiger charge is -2.39. The number of rotatable bonds is 6. The summed E-state index contributed by atoms with van der Waals surface area (Å²) in [6, 6.07) is 9.47. The average Bonchev–Trinajstić information content (AvgIpc) is 2.42. The number of para-hydroxylation sites is 1. The predicted octanol–water partition coefficient (Wildman–Crippen LogP) is 3.46. The maximum atomic E-state index is 3.59. The van der Waals surface area contributed by atoms with Gasteiger partial charge in [0.1, 0.15) is 0 Å². The van der Waals surface area contributed by atoms with E-state index in [1.54, 1.807) is 0 Å². The summed E-state index contributed by atoms with van der Waals surface area (Å²) in [6.45, 7) is 10.4. The Balaban J connectivity index is 1.99. The summed E-state index contributed by atoms with van der Waals surface area (Å²) in [5, 5.41) is 3.59. The fraction of sp³-hybridized carbons (Fsp3) is 0.647. The molecule has 0 saturated heterocycles. The molecule has 0 aliphatic carbocycles. The van der Waals surface area contributed by atoms with Gasteiger partial charge in [-0.25, -0.2) is 0 Å². The molecule has 1 aromatic rings. The van der Waals surface area contributed by atoms with Crippen molar-refractivity contribution >= 4 is 5.69 Å². The SMILES string of the molecule is CCCCNCC(C)N1CC(C)Cc2ccccc21. The molecule has 0 radical (unpaired) electrons. The molecular weight excluding hydrogens is 232 g/mol. The van der Waals surface area contributed by atoms with Gasteiger partial charge in [0.15, 0.2) is 0 Å². The van der Waals surface area contributed by atoms with Crippen molar-refractivity contribution in [3.05, 3.63) is 29.8 Å². The molecule has 0 bridgehead atoms. The van der Waals surface area contributed by atoms with E-state index < -0.39 is 0 Å². The Kier molecular flexibility index (Phi) is 5.26. The molecule has 1 heterocycles. The molecule has 2 heteroatoms. The third kappa shape index (κ3) is 3.73. The zero-order valence-electron chi connectivity index (χ0n) is 12.7. The lowest BCUT2D eigenvalue weighted by Crippen LogP contribution is -2.45. The molecular formula is C17H28N2. The van der Waals surface area contributed by atoms with E-state index in [9.17, 15) is 0 Å². The first-order valence-electron chi connectivity index (χ1n) is 7.77. The van der Waals surface area contributed by atoms with E-state index in [-0.39, 0.29) is 0 Å². The van der Waals surface area contributed by atoms with E-state index in [0.29, 0.717) is 6.04 Å². The first-order valence-corrected chi connectivity index (χ1v) is 7.77. The van der Waals surface area contributed by atoms with Crippen LogP contribution in [0.2, 0.25) is 0 Å². The second kappa shape index (κ2) is 6.95. The summed E-state index contributed by atoms with van der Waals surface area (Å²) in [4.78, 5) is 2.59. The highest BCUT2D eigenvalue weighted by molar-refractivity contribution is 5.56. The predicted molar refractivity (Wildman–Crippen MR) is 83.9 cm³/mol. The highest BCUT2D eigenvalue weighted by Gasteiger charge is 2.24. The third-order valence-corrected chi connectivity index (χ3v) is 4.06. The Labute approximate surface area is 118 Å². The molecule has 1 N–H and O–H groups in total. The summed E-state index contributed by atoms with van der Waals surface area (Å²) in [5.41, 5.74) is 2.96. The zero-order valence-corrected chi connectivity index (χ0v) is 12.7. The van der Waals surface area contributed by atoms with Crippen LogP contribution >= 0.6 is 0 Å². The van der Waals surface area contributed by atoms with Gasteiger partial charge in [0.25, 0.3) is 0 Å². The number of benzene rings is 1. The third-order valence-electron chi connectivity index (χ3n) is 4.06. The first kappa shape index (κ1) is 14.4. The van der Waals surface area contributed by atoms with Gasteiger partial charge in [0.05, 0.1) is 0 Å². The van der Waals surface area contributed by atoms with Crippen molar-refractivity contribution in [1.29, 1.82) is 0 Å². The molecule has 1 aliphatic heterocycles. The normalized spacial score (nSPS) is 20.2. The van der Waals surface area contributed by atoms with E-state index in [2.05, 4.69) is 55.3 Å². The largest absolute Gasteiger partial charge is 0.367 e. The van der Waals surface area contributed by atoms with Gasteiger partial charge in [-0.1, -0.05) is 38.5 Å². The van der Waals surface area contributed by atoms with Gasteiger partial charge in [-0.15, -0.1) is 0 Å². The number of unbranched alkanes of at least 4 members (excludes halogenated alkanes) is 1. The van der Waals surface area contributed by atoms with Gasteiger partial charge >= 0.3 is 0 Å². The molecule has 0 saturated carbocycles. The Hall–Kier alpha value is -1.02. The van der Waals surface area contributed by atoms with Crippen LogP contribution in [-0.2, 0) is 6.42 Å². The van der Waals surface area contributed by atoms with Crippen molar-refractivity contribution < 1.29 is 0 Å². The smallest absolute Gasteiger partial charge is 0.0401 e. The van der Waals surface area contributed by atoms with Gasteiger partial charge in [-0.05, 0) is 43.9 Å². The van der Waals surface area contributed by atoms with Crippen molar-refractivity contribution in [3.63, 3.8) is 0 Å². The van der Waals surface area contributed by atoms with Crippen LogP contribution in [0.15, 0.2) is 24.3 Å². The van der Waals surface area contributed by atoms with Crippen LogP contribution in [0.3, 0.4) is 0 Å². The van der Waals surface area contributed by atoms with Crippen molar-refractivity contribution in [3.8, 4) is 0 Å². The topological polar surface area (TPSA) is 15.3 Å². The number of anilines is 1. The van der Waals surface area contributed by atoms with Crippen LogP contribution in [0.25, 0.3) is 0 Å². The lowest BCUT2D eigenvalue weighted by atomic mass is 9.93. The van der Waals surface area contributed by atoms with Crippen molar-refractivity contribution in [1.82, 2.24) is 5.32 Å². The van der Waals surface area contributed by atoms with Crippen LogP contribution in [0, 0.1) is 5.92 Å². The molecule has 1 aromatic carbocycles. The molecule has 0 spiro atoms. The van der Waals surface area contributed by atoms with E-state index in [1.807, 2.05) is 0 Å². The van der Waals surface area contributed by atoms with E-state index in [0.717, 1.165) is 19.0 Å². The summed E-state index contributed by atoms with van der Waals surface area (Å²) in [5.74, 6) is 0.757. The Morgan fingerprint density at radius 1 is 1.37 bits per heavy atom. The van der Waals surface area contributed by atoms with Crippen LogP contribution < -0.4 is 10.2 Å². The maximum absolute atomic E-state index is 3.59. The van der Waals surface area contributed by atoms with Crippen molar-refractivity contribution in [2.24, 2.45) is 5.92 Å². The Morgan fingerprint density at radius 3 is 2.95 bits per heavy atom. The minimum absolute atomic E-state index is 0.570. The van der Waals surface area contributed by atoms with Crippen LogP contribution in [0.1, 0.15) is 39.2 Å². The van der Waals surface area contributed by atoms with Crippen LogP contribution in [-0.4, -0.2) is 25.7 Å². The highest BCUT2D eigenvalue weighted by Crippen LogP contribution is 2.30. The molecule has 2 rings (SSSR count). The van der Waals surface area contributed by atoms with Crippen molar-refractivity contribution in [2.75, 3.05) is 24.5 Å². The fourth-order valence-corrected chi connectivity index (χ4v) is 2.98. The molecule has 106 valence electrons.